The van der Waals surface area contributed by atoms with Gasteiger partial charge in [-0.25, -0.2) is 9.69 Å². The third kappa shape index (κ3) is 4.15. The molecule has 2 amide bonds. The molecule has 1 N–H and O–H groups in total. The summed E-state index contributed by atoms with van der Waals surface area (Å²) in [5, 5.41) is 10.7. The number of rotatable bonds is 6. The molecule has 9 heteroatoms. The summed E-state index contributed by atoms with van der Waals surface area (Å²) in [4.78, 5) is 59.3. The number of allylic oxidation sites excluding steroid dienone is 2. The van der Waals surface area contributed by atoms with Gasteiger partial charge in [-0.05, 0) is 75.9 Å². The van der Waals surface area contributed by atoms with Gasteiger partial charge in [-0.1, -0.05) is 120 Å². The van der Waals surface area contributed by atoms with E-state index in [0.29, 0.717) is 32.3 Å². The molecule has 240 valence electrons. The summed E-state index contributed by atoms with van der Waals surface area (Å²) in [6.07, 6.45) is 0. The van der Waals surface area contributed by atoms with E-state index in [1.165, 1.54) is 18.2 Å². The average molecular weight is 705 g/mol. The first kappa shape index (κ1) is 31.3. The molecule has 0 aromatic heterocycles. The average Bonchev–Trinajstić information content (AvgIpc) is 3.62. The van der Waals surface area contributed by atoms with Crippen molar-refractivity contribution in [1.29, 1.82) is 0 Å². The number of anilines is 1. The van der Waals surface area contributed by atoms with E-state index >= 15 is 14.4 Å². The van der Waals surface area contributed by atoms with Crippen molar-refractivity contribution in [3.05, 3.63) is 170 Å². The number of hydrogen-bond acceptors (Lipinski definition) is 4. The summed E-state index contributed by atoms with van der Waals surface area (Å²) in [5.74, 6) is -5.24. The van der Waals surface area contributed by atoms with Gasteiger partial charge in [-0.3, -0.25) is 14.4 Å². The number of ketones is 1. The highest BCUT2D eigenvalue weighted by molar-refractivity contribution is 6.39. The Kier molecular flexibility index (Phi) is 7.20. The number of Topliss-reactive ketones (excluding diaryl/α,β-unsaturated/α-hetero) is 1. The van der Waals surface area contributed by atoms with E-state index in [1.54, 1.807) is 48.5 Å². The Labute approximate surface area is 296 Å². The molecule has 3 aliphatic rings. The monoisotopic (exact) mass is 703 g/mol. The number of amides is 2. The second-order valence-corrected chi connectivity index (χ2v) is 13.7. The molecule has 8 rings (SSSR count). The van der Waals surface area contributed by atoms with Crippen molar-refractivity contribution in [2.75, 3.05) is 4.90 Å². The Hall–Kier alpha value is -5.01. The Morgan fingerprint density at radius 3 is 1.43 bits per heavy atom. The smallest absolute Gasteiger partial charge is 0.337 e. The molecular weight excluding hydrogens is 681 g/mol. The Morgan fingerprint density at radius 1 is 0.592 bits per heavy atom. The maximum Gasteiger partial charge on any atom is 0.337 e. The third-order valence-corrected chi connectivity index (χ3v) is 11.0. The minimum Gasteiger partial charge on any atom is -0.478 e. The Bertz CT molecular complexity index is 2130. The van der Waals surface area contributed by atoms with E-state index in [-0.39, 0.29) is 22.1 Å². The topological polar surface area (TPSA) is 91.8 Å². The van der Waals surface area contributed by atoms with Crippen LogP contribution in [0.5, 0.6) is 0 Å². The summed E-state index contributed by atoms with van der Waals surface area (Å²) in [5.41, 5.74) is 0.208. The molecule has 1 saturated carbocycles. The van der Waals surface area contributed by atoms with E-state index in [4.69, 9.17) is 34.8 Å². The second-order valence-electron chi connectivity index (χ2n) is 12.4. The van der Waals surface area contributed by atoms with Gasteiger partial charge in [0.05, 0.1) is 38.9 Å². The van der Waals surface area contributed by atoms with Gasteiger partial charge >= 0.3 is 5.97 Å². The number of halogens is 3. The van der Waals surface area contributed by atoms with Crippen LogP contribution in [0.25, 0.3) is 11.1 Å². The van der Waals surface area contributed by atoms with Gasteiger partial charge < -0.3 is 5.11 Å². The van der Waals surface area contributed by atoms with Crippen molar-refractivity contribution in [3.8, 4) is 0 Å². The highest BCUT2D eigenvalue weighted by atomic mass is 35.5. The van der Waals surface area contributed by atoms with Crippen LogP contribution in [0, 0.1) is 11.8 Å². The fourth-order valence-electron chi connectivity index (χ4n) is 8.43. The lowest BCUT2D eigenvalue weighted by molar-refractivity contribution is -0.130. The molecule has 0 spiro atoms. The number of hydrogen-bond donors (Lipinski definition) is 1. The van der Waals surface area contributed by atoms with Crippen molar-refractivity contribution in [2.45, 2.75) is 10.8 Å². The van der Waals surface area contributed by atoms with E-state index in [2.05, 4.69) is 0 Å². The molecule has 1 aliphatic heterocycles. The van der Waals surface area contributed by atoms with E-state index in [1.807, 2.05) is 60.7 Å². The number of carbonyl (C=O) groups excluding carboxylic acids is 3. The highest BCUT2D eigenvalue weighted by Gasteiger charge is 2.82. The minimum absolute atomic E-state index is 0.0413. The fraction of sp³-hybridized carbons (Fsp3) is 0.100. The Morgan fingerprint density at radius 2 is 1.02 bits per heavy atom. The highest BCUT2D eigenvalue weighted by Crippen LogP contribution is 2.74. The molecule has 1 saturated heterocycles. The number of imide groups is 1. The zero-order valence-corrected chi connectivity index (χ0v) is 27.7. The van der Waals surface area contributed by atoms with Gasteiger partial charge in [0.15, 0.2) is 5.78 Å². The number of aromatic carboxylic acids is 1. The quantitative estimate of drug-likeness (QED) is 0.179. The molecule has 5 aromatic carbocycles. The van der Waals surface area contributed by atoms with Crippen LogP contribution in [0.15, 0.2) is 127 Å². The first-order valence-electron chi connectivity index (χ1n) is 15.5. The number of fused-ring (bicyclic) bond motifs is 5. The first-order chi connectivity index (χ1) is 23.6. The normalized spacial score (nSPS) is 24.1. The van der Waals surface area contributed by atoms with Crippen molar-refractivity contribution in [3.63, 3.8) is 0 Å². The van der Waals surface area contributed by atoms with Gasteiger partial charge in [0, 0.05) is 10.0 Å². The summed E-state index contributed by atoms with van der Waals surface area (Å²) >= 11 is 19.0. The van der Waals surface area contributed by atoms with Crippen LogP contribution in [-0.2, 0) is 25.2 Å². The third-order valence-electron chi connectivity index (χ3n) is 10.2. The molecule has 0 unspecified atom stereocenters. The van der Waals surface area contributed by atoms with Crippen LogP contribution >= 0.6 is 34.8 Å². The zero-order chi connectivity index (χ0) is 34.2. The summed E-state index contributed by atoms with van der Waals surface area (Å²) in [7, 11) is 0. The lowest BCUT2D eigenvalue weighted by Crippen LogP contribution is -2.45. The molecule has 0 radical (unpaired) electrons. The first-order valence-corrected chi connectivity index (χ1v) is 16.6. The zero-order valence-electron chi connectivity index (χ0n) is 25.4. The molecule has 2 bridgehead atoms. The van der Waals surface area contributed by atoms with Gasteiger partial charge in [0.25, 0.3) is 0 Å². The summed E-state index contributed by atoms with van der Waals surface area (Å²) in [6, 6.07) is 36.6. The van der Waals surface area contributed by atoms with Crippen LogP contribution in [0.1, 0.15) is 32.6 Å². The molecule has 4 atom stereocenters. The van der Waals surface area contributed by atoms with Gasteiger partial charge in [0.2, 0.25) is 11.8 Å². The lowest BCUT2D eigenvalue weighted by Gasteiger charge is -2.39. The summed E-state index contributed by atoms with van der Waals surface area (Å²) < 4.78 is 0. The van der Waals surface area contributed by atoms with Crippen LogP contribution < -0.4 is 4.90 Å². The maximum atomic E-state index is 16.0. The van der Waals surface area contributed by atoms with Crippen LogP contribution in [0.4, 0.5) is 5.69 Å². The number of benzene rings is 5. The largest absolute Gasteiger partial charge is 0.478 e. The van der Waals surface area contributed by atoms with E-state index in [9.17, 15) is 9.90 Å². The molecule has 2 aliphatic carbocycles. The molecule has 5 aromatic rings. The van der Waals surface area contributed by atoms with Crippen molar-refractivity contribution < 1.29 is 24.3 Å². The molecular formula is C40H24Cl3NO5. The predicted octanol–water partition coefficient (Wildman–Crippen LogP) is 8.53. The van der Waals surface area contributed by atoms with Crippen molar-refractivity contribution in [1.82, 2.24) is 0 Å². The Balaban J connectivity index is 1.53. The molecule has 6 nitrogen and oxygen atoms in total. The number of carboxylic acid groups (broad SMARTS) is 1. The van der Waals surface area contributed by atoms with E-state index < -0.39 is 40.4 Å². The molecule has 1 heterocycles. The number of carboxylic acids is 1. The second kappa shape index (κ2) is 11.3. The maximum absolute atomic E-state index is 16.0. The van der Waals surface area contributed by atoms with Crippen LogP contribution in [-0.4, -0.2) is 28.7 Å². The van der Waals surface area contributed by atoms with Crippen LogP contribution in [0.3, 0.4) is 0 Å². The van der Waals surface area contributed by atoms with E-state index in [0.717, 1.165) is 16.0 Å². The van der Waals surface area contributed by atoms with Gasteiger partial charge in [0.1, 0.15) is 0 Å². The summed E-state index contributed by atoms with van der Waals surface area (Å²) in [6.45, 7) is 0. The number of nitrogens with zero attached hydrogens (tertiary/aromatic N) is 1. The SMILES string of the molecule is O=C(O)c1cc(N2C(=O)[C@@H]3[C@H](C2=O)[C@]2(c4ccc(Cl)cc4)C(=O)[C@]3(c3ccc(Cl)cc3)C(c3ccccc3)=C2c2ccccc2)ccc1Cl. The van der Waals surface area contributed by atoms with Gasteiger partial charge in [-0.2, -0.15) is 0 Å². The van der Waals surface area contributed by atoms with Crippen LogP contribution in [0.2, 0.25) is 15.1 Å². The van der Waals surface area contributed by atoms with Crippen molar-refractivity contribution in [2.24, 2.45) is 11.8 Å². The minimum atomic E-state index is -1.65. The molecule has 2 fully saturated rings. The lowest BCUT2D eigenvalue weighted by atomic mass is 9.59. The van der Waals surface area contributed by atoms with Crippen molar-refractivity contribution >= 4 is 75.2 Å². The fourth-order valence-corrected chi connectivity index (χ4v) is 8.88. The number of carbonyl (C=O) groups is 4. The van der Waals surface area contributed by atoms with Gasteiger partial charge in [-0.15, -0.1) is 0 Å². The standard InChI is InChI=1S/C40H24Cl3NO5/c41-26-15-11-24(12-16-26)39-31(22-7-3-1-4-8-22)32(23-9-5-2-6-10-23)40(38(39)49,25-13-17-27(42)18-14-25)34-33(39)35(45)44(36(34)46)28-19-20-30(43)29(21-28)37(47)48/h1-21,33-34H,(H,47,48)/t33-,34+,39-,40-/m1/s1. The predicted molar refractivity (Wildman–Crippen MR) is 189 cm³/mol. The molecule has 49 heavy (non-hydrogen) atoms.